The Labute approximate surface area is 118 Å². The van der Waals surface area contributed by atoms with E-state index in [9.17, 15) is 0 Å². The highest BCUT2D eigenvalue weighted by Crippen LogP contribution is 2.31. The molecular formula is C16H16ClNO. The molecule has 3 rings (SSSR count). The second kappa shape index (κ2) is 5.24. The number of anilines is 1. The van der Waals surface area contributed by atoms with E-state index in [4.69, 9.17) is 16.7 Å². The molecule has 0 radical (unpaired) electrons. The second-order valence-corrected chi connectivity index (χ2v) is 5.29. The van der Waals surface area contributed by atoms with Crippen molar-refractivity contribution in [1.82, 2.24) is 0 Å². The Balaban J connectivity index is 1.89. The van der Waals surface area contributed by atoms with Gasteiger partial charge in [0.05, 0.1) is 17.3 Å². The van der Waals surface area contributed by atoms with Gasteiger partial charge in [0, 0.05) is 13.1 Å². The number of benzene rings is 2. The molecule has 1 heterocycles. The topological polar surface area (TPSA) is 23.5 Å². The minimum absolute atomic E-state index is 0.0306. The van der Waals surface area contributed by atoms with Gasteiger partial charge in [-0.15, -0.1) is 0 Å². The fraction of sp³-hybridized carbons (Fsp3) is 0.250. The first-order valence-corrected chi connectivity index (χ1v) is 6.87. The number of halogens is 1. The van der Waals surface area contributed by atoms with Crippen LogP contribution in [0.25, 0.3) is 0 Å². The normalized spacial score (nSPS) is 14.3. The number of hydrogen-bond acceptors (Lipinski definition) is 2. The van der Waals surface area contributed by atoms with Gasteiger partial charge in [-0.1, -0.05) is 41.9 Å². The highest BCUT2D eigenvalue weighted by atomic mass is 35.5. The Morgan fingerprint density at radius 2 is 1.89 bits per heavy atom. The maximum atomic E-state index is 9.12. The number of aliphatic hydroxyl groups is 1. The van der Waals surface area contributed by atoms with Crippen LogP contribution in [-0.4, -0.2) is 11.7 Å². The van der Waals surface area contributed by atoms with Crippen molar-refractivity contribution in [3.8, 4) is 0 Å². The molecule has 2 nitrogen and oxygen atoms in total. The van der Waals surface area contributed by atoms with Crippen molar-refractivity contribution in [3.05, 3.63) is 64.2 Å². The van der Waals surface area contributed by atoms with Gasteiger partial charge in [0.15, 0.2) is 0 Å². The van der Waals surface area contributed by atoms with Gasteiger partial charge in [-0.25, -0.2) is 0 Å². The van der Waals surface area contributed by atoms with Crippen molar-refractivity contribution in [2.24, 2.45) is 0 Å². The minimum Gasteiger partial charge on any atom is -0.392 e. The molecule has 3 heteroatoms. The Bertz CT molecular complexity index is 597. The lowest BCUT2D eigenvalue weighted by molar-refractivity contribution is 0.282. The summed E-state index contributed by atoms with van der Waals surface area (Å²) in [5.74, 6) is 0. The molecule has 0 saturated carbocycles. The van der Waals surface area contributed by atoms with E-state index in [-0.39, 0.29) is 6.61 Å². The molecule has 0 bridgehead atoms. The van der Waals surface area contributed by atoms with Crippen molar-refractivity contribution in [3.63, 3.8) is 0 Å². The number of nitrogens with zero attached hydrogens (tertiary/aromatic N) is 1. The molecule has 2 aromatic carbocycles. The molecule has 1 aliphatic rings. The number of rotatable bonds is 2. The molecule has 0 spiro atoms. The molecule has 0 atom stereocenters. The third kappa shape index (κ3) is 2.46. The van der Waals surface area contributed by atoms with Crippen molar-refractivity contribution in [2.45, 2.75) is 19.6 Å². The summed E-state index contributed by atoms with van der Waals surface area (Å²) in [5, 5.41) is 9.84. The molecule has 2 aromatic rings. The zero-order chi connectivity index (χ0) is 13.2. The Kier molecular flexibility index (Phi) is 3.45. The summed E-state index contributed by atoms with van der Waals surface area (Å²) in [6.07, 6.45) is 1.05. The number of fused-ring (bicyclic) bond motifs is 1. The van der Waals surface area contributed by atoms with Crippen LogP contribution < -0.4 is 4.90 Å². The molecule has 0 amide bonds. The van der Waals surface area contributed by atoms with E-state index in [2.05, 4.69) is 29.2 Å². The highest BCUT2D eigenvalue weighted by Gasteiger charge is 2.17. The van der Waals surface area contributed by atoms with Crippen LogP contribution in [0.5, 0.6) is 0 Å². The monoisotopic (exact) mass is 273 g/mol. The molecule has 19 heavy (non-hydrogen) atoms. The van der Waals surface area contributed by atoms with E-state index in [1.807, 2.05) is 18.2 Å². The highest BCUT2D eigenvalue weighted by molar-refractivity contribution is 6.33. The van der Waals surface area contributed by atoms with Crippen LogP contribution >= 0.6 is 11.6 Å². The van der Waals surface area contributed by atoms with Gasteiger partial charge in [-0.3, -0.25) is 0 Å². The van der Waals surface area contributed by atoms with Gasteiger partial charge in [0.1, 0.15) is 0 Å². The zero-order valence-corrected chi connectivity index (χ0v) is 11.4. The largest absolute Gasteiger partial charge is 0.392 e. The summed E-state index contributed by atoms with van der Waals surface area (Å²) in [5.41, 5.74) is 4.71. The van der Waals surface area contributed by atoms with E-state index in [0.29, 0.717) is 5.02 Å². The summed E-state index contributed by atoms with van der Waals surface area (Å²) in [6, 6.07) is 14.3. The van der Waals surface area contributed by atoms with E-state index >= 15 is 0 Å². The molecule has 98 valence electrons. The summed E-state index contributed by atoms with van der Waals surface area (Å²) in [7, 11) is 0. The zero-order valence-electron chi connectivity index (χ0n) is 10.6. The van der Waals surface area contributed by atoms with Crippen LogP contribution in [0.2, 0.25) is 5.02 Å². The maximum absolute atomic E-state index is 9.12. The predicted octanol–water partition coefficient (Wildman–Crippen LogP) is 3.40. The van der Waals surface area contributed by atoms with Crippen molar-refractivity contribution < 1.29 is 5.11 Å². The van der Waals surface area contributed by atoms with Crippen LogP contribution in [0, 0.1) is 0 Å². The fourth-order valence-electron chi connectivity index (χ4n) is 2.61. The van der Waals surface area contributed by atoms with E-state index in [1.165, 1.54) is 11.1 Å². The quantitative estimate of drug-likeness (QED) is 0.907. The smallest absolute Gasteiger partial charge is 0.0682 e. The lowest BCUT2D eigenvalue weighted by Gasteiger charge is -2.31. The molecule has 1 N–H and O–H groups in total. The molecule has 0 saturated heterocycles. The van der Waals surface area contributed by atoms with Crippen LogP contribution in [0.3, 0.4) is 0 Å². The third-order valence-corrected chi connectivity index (χ3v) is 3.97. The van der Waals surface area contributed by atoms with Gasteiger partial charge >= 0.3 is 0 Å². The van der Waals surface area contributed by atoms with Crippen LogP contribution in [0.4, 0.5) is 5.69 Å². The Hall–Kier alpha value is -1.51. The first-order valence-electron chi connectivity index (χ1n) is 6.49. The van der Waals surface area contributed by atoms with Gasteiger partial charge in [-0.05, 0) is 35.2 Å². The summed E-state index contributed by atoms with van der Waals surface area (Å²) in [6.45, 7) is 1.91. The molecule has 0 aliphatic carbocycles. The van der Waals surface area contributed by atoms with E-state index in [0.717, 1.165) is 30.8 Å². The van der Waals surface area contributed by atoms with Crippen molar-refractivity contribution in [2.75, 3.05) is 11.4 Å². The molecule has 1 aliphatic heterocycles. The lowest BCUT2D eigenvalue weighted by Crippen LogP contribution is -2.30. The van der Waals surface area contributed by atoms with Crippen molar-refractivity contribution in [1.29, 1.82) is 0 Å². The first-order chi connectivity index (χ1) is 9.28. The third-order valence-electron chi connectivity index (χ3n) is 3.67. The summed E-state index contributed by atoms with van der Waals surface area (Å²) < 4.78 is 0. The maximum Gasteiger partial charge on any atom is 0.0682 e. The number of aliphatic hydroxyl groups excluding tert-OH is 1. The standard InChI is InChI=1S/C16H16ClNO/c17-15-9-12(11-19)5-6-16(15)18-8-7-13-3-1-2-4-14(13)10-18/h1-6,9,19H,7-8,10-11H2. The fourth-order valence-corrected chi connectivity index (χ4v) is 2.93. The minimum atomic E-state index is 0.0306. The SMILES string of the molecule is OCc1ccc(N2CCc3ccccc3C2)c(Cl)c1. The molecule has 0 aromatic heterocycles. The van der Waals surface area contributed by atoms with Gasteiger partial charge in [0.25, 0.3) is 0 Å². The Morgan fingerprint density at radius 3 is 2.63 bits per heavy atom. The van der Waals surface area contributed by atoms with E-state index in [1.54, 1.807) is 0 Å². The van der Waals surface area contributed by atoms with Crippen LogP contribution in [0.1, 0.15) is 16.7 Å². The average molecular weight is 274 g/mol. The summed E-state index contributed by atoms with van der Waals surface area (Å²) in [4.78, 5) is 2.30. The van der Waals surface area contributed by atoms with E-state index < -0.39 is 0 Å². The van der Waals surface area contributed by atoms with Crippen LogP contribution in [0.15, 0.2) is 42.5 Å². The molecule has 0 fully saturated rings. The number of hydrogen-bond donors (Lipinski definition) is 1. The second-order valence-electron chi connectivity index (χ2n) is 4.88. The first kappa shape index (κ1) is 12.5. The van der Waals surface area contributed by atoms with Crippen LogP contribution in [-0.2, 0) is 19.6 Å². The Morgan fingerprint density at radius 1 is 1.11 bits per heavy atom. The molecule has 0 unspecified atom stereocenters. The van der Waals surface area contributed by atoms with Crippen molar-refractivity contribution >= 4 is 17.3 Å². The average Bonchev–Trinajstić information content (AvgIpc) is 2.46. The summed E-state index contributed by atoms with van der Waals surface area (Å²) >= 11 is 6.32. The van der Waals surface area contributed by atoms with Gasteiger partial charge < -0.3 is 10.0 Å². The lowest BCUT2D eigenvalue weighted by atomic mass is 9.99. The van der Waals surface area contributed by atoms with Gasteiger partial charge in [0.2, 0.25) is 0 Å². The predicted molar refractivity (Wildman–Crippen MR) is 78.6 cm³/mol. The molecular weight excluding hydrogens is 258 g/mol. The van der Waals surface area contributed by atoms with Gasteiger partial charge in [-0.2, -0.15) is 0 Å².